The molecule has 6 heteroatoms. The quantitative estimate of drug-likeness (QED) is 0.690. The molecule has 6 nitrogen and oxygen atoms in total. The van der Waals surface area contributed by atoms with E-state index in [0.29, 0.717) is 17.4 Å². The molecule has 3 rings (SSSR count). The van der Waals surface area contributed by atoms with Crippen molar-refractivity contribution in [3.8, 4) is 5.75 Å². The van der Waals surface area contributed by atoms with Crippen molar-refractivity contribution in [2.24, 2.45) is 5.92 Å². The molecule has 1 aliphatic carbocycles. The van der Waals surface area contributed by atoms with Gasteiger partial charge in [-0.1, -0.05) is 18.2 Å². The lowest BCUT2D eigenvalue weighted by Crippen LogP contribution is -2.22. The molecule has 0 unspecified atom stereocenters. The van der Waals surface area contributed by atoms with Crippen LogP contribution in [-0.4, -0.2) is 26.2 Å². The molecular formula is C23H28N2O4. The Hall–Kier alpha value is -3.02. The third kappa shape index (κ3) is 5.28. The van der Waals surface area contributed by atoms with Crippen LogP contribution in [0.4, 0.5) is 16.2 Å². The van der Waals surface area contributed by atoms with Crippen LogP contribution in [0.5, 0.6) is 5.75 Å². The van der Waals surface area contributed by atoms with Gasteiger partial charge in [0.2, 0.25) is 0 Å². The summed E-state index contributed by atoms with van der Waals surface area (Å²) in [6.45, 7) is 1.96. The van der Waals surface area contributed by atoms with Crippen molar-refractivity contribution in [1.82, 2.24) is 0 Å². The Morgan fingerprint density at radius 2 is 1.62 bits per heavy atom. The zero-order chi connectivity index (χ0) is 20.8. The van der Waals surface area contributed by atoms with E-state index >= 15 is 0 Å². The molecule has 0 radical (unpaired) electrons. The standard InChI is InChI=1S/C23H28N2O4/c1-15-4-13-21(28-2)20(14-15)25-23(27)24-19-11-9-17(10-12-19)16-5-7-18(8-6-16)22(26)29-3/h4,9-14,16,18H,5-8H2,1-3H3,(H2,24,25,27). The molecular weight excluding hydrogens is 368 g/mol. The summed E-state index contributed by atoms with van der Waals surface area (Å²) in [6, 6.07) is 13.2. The van der Waals surface area contributed by atoms with Crippen LogP contribution in [0.3, 0.4) is 0 Å². The van der Waals surface area contributed by atoms with E-state index in [1.54, 1.807) is 7.11 Å². The molecule has 0 heterocycles. The molecule has 0 saturated heterocycles. The second-order valence-corrected chi connectivity index (χ2v) is 7.48. The number of carbonyl (C=O) groups is 2. The van der Waals surface area contributed by atoms with E-state index in [1.165, 1.54) is 12.7 Å². The lowest BCUT2D eigenvalue weighted by Gasteiger charge is -2.27. The first-order valence-corrected chi connectivity index (χ1v) is 9.90. The monoisotopic (exact) mass is 396 g/mol. The Bertz CT molecular complexity index is 856. The number of rotatable bonds is 5. The average Bonchev–Trinajstić information content (AvgIpc) is 2.74. The van der Waals surface area contributed by atoms with Gasteiger partial charge >= 0.3 is 12.0 Å². The van der Waals surface area contributed by atoms with Crippen LogP contribution in [0.2, 0.25) is 0 Å². The molecule has 29 heavy (non-hydrogen) atoms. The predicted molar refractivity (Wildman–Crippen MR) is 114 cm³/mol. The third-order valence-electron chi connectivity index (χ3n) is 5.50. The number of hydrogen-bond donors (Lipinski definition) is 2. The fraction of sp³-hybridized carbons (Fsp3) is 0.391. The molecule has 0 bridgehead atoms. The van der Waals surface area contributed by atoms with Gasteiger partial charge in [-0.25, -0.2) is 4.79 Å². The average molecular weight is 396 g/mol. The predicted octanol–water partition coefficient (Wildman–Crippen LogP) is 5.09. The highest BCUT2D eigenvalue weighted by molar-refractivity contribution is 6.00. The SMILES string of the molecule is COC(=O)C1CCC(c2ccc(NC(=O)Nc3cc(C)ccc3OC)cc2)CC1. The van der Waals surface area contributed by atoms with E-state index in [-0.39, 0.29) is 17.9 Å². The maximum Gasteiger partial charge on any atom is 0.323 e. The van der Waals surface area contributed by atoms with Crippen LogP contribution >= 0.6 is 0 Å². The Morgan fingerprint density at radius 1 is 0.931 bits per heavy atom. The smallest absolute Gasteiger partial charge is 0.323 e. The van der Waals surface area contributed by atoms with Crippen molar-refractivity contribution in [2.45, 2.75) is 38.5 Å². The van der Waals surface area contributed by atoms with Crippen LogP contribution in [-0.2, 0) is 9.53 Å². The second kappa shape index (κ2) is 9.45. The minimum Gasteiger partial charge on any atom is -0.495 e. The topological polar surface area (TPSA) is 76.7 Å². The summed E-state index contributed by atoms with van der Waals surface area (Å²) >= 11 is 0. The lowest BCUT2D eigenvalue weighted by molar-refractivity contribution is -0.146. The number of carbonyl (C=O) groups excluding carboxylic acids is 2. The molecule has 0 aromatic heterocycles. The summed E-state index contributed by atoms with van der Waals surface area (Å²) in [7, 11) is 3.02. The molecule has 1 saturated carbocycles. The highest BCUT2D eigenvalue weighted by Crippen LogP contribution is 2.36. The Kier molecular flexibility index (Phi) is 6.75. The summed E-state index contributed by atoms with van der Waals surface area (Å²) in [5.41, 5.74) is 3.62. The van der Waals surface area contributed by atoms with Crippen molar-refractivity contribution >= 4 is 23.4 Å². The number of nitrogens with one attached hydrogen (secondary N) is 2. The number of methoxy groups -OCH3 is 2. The molecule has 2 N–H and O–H groups in total. The van der Waals surface area contributed by atoms with Gasteiger partial charge in [-0.05, 0) is 73.9 Å². The van der Waals surface area contributed by atoms with Crippen molar-refractivity contribution in [2.75, 3.05) is 24.9 Å². The molecule has 1 fully saturated rings. The lowest BCUT2D eigenvalue weighted by atomic mass is 9.79. The van der Waals surface area contributed by atoms with Crippen molar-refractivity contribution < 1.29 is 19.1 Å². The molecule has 1 aliphatic rings. The first-order valence-electron chi connectivity index (χ1n) is 9.90. The van der Waals surface area contributed by atoms with Gasteiger partial charge in [0.15, 0.2) is 0 Å². The van der Waals surface area contributed by atoms with Gasteiger partial charge in [0.25, 0.3) is 0 Å². The maximum atomic E-state index is 12.4. The van der Waals surface area contributed by atoms with E-state index in [2.05, 4.69) is 10.6 Å². The summed E-state index contributed by atoms with van der Waals surface area (Å²) in [5, 5.41) is 5.68. The van der Waals surface area contributed by atoms with Crippen molar-refractivity contribution in [3.05, 3.63) is 53.6 Å². The van der Waals surface area contributed by atoms with E-state index in [9.17, 15) is 9.59 Å². The van der Waals surface area contributed by atoms with Gasteiger partial charge in [-0.3, -0.25) is 4.79 Å². The van der Waals surface area contributed by atoms with Crippen LogP contribution in [0.15, 0.2) is 42.5 Å². The maximum absolute atomic E-state index is 12.4. The minimum atomic E-state index is -0.319. The summed E-state index contributed by atoms with van der Waals surface area (Å²) in [5.74, 6) is 0.984. The van der Waals surface area contributed by atoms with Crippen LogP contribution in [0.25, 0.3) is 0 Å². The second-order valence-electron chi connectivity index (χ2n) is 7.48. The molecule has 154 valence electrons. The number of amides is 2. The molecule has 0 atom stereocenters. The Morgan fingerprint density at radius 3 is 2.24 bits per heavy atom. The first kappa shape index (κ1) is 20.7. The molecule has 2 aromatic carbocycles. The number of esters is 1. The first-order chi connectivity index (χ1) is 14.0. The van der Waals surface area contributed by atoms with Gasteiger partial charge in [-0.2, -0.15) is 0 Å². The van der Waals surface area contributed by atoms with Crippen molar-refractivity contribution in [3.63, 3.8) is 0 Å². The molecule has 2 amide bonds. The third-order valence-corrected chi connectivity index (χ3v) is 5.50. The zero-order valence-corrected chi connectivity index (χ0v) is 17.2. The van der Waals surface area contributed by atoms with Crippen LogP contribution in [0, 0.1) is 12.8 Å². The highest BCUT2D eigenvalue weighted by atomic mass is 16.5. The number of benzene rings is 2. The molecule has 2 aromatic rings. The summed E-state index contributed by atoms with van der Waals surface area (Å²) in [6.07, 6.45) is 3.66. The number of urea groups is 1. The van der Waals surface area contributed by atoms with E-state index in [1.807, 2.05) is 49.4 Å². The fourth-order valence-corrected chi connectivity index (χ4v) is 3.87. The Balaban J connectivity index is 1.56. The van der Waals surface area contributed by atoms with Gasteiger partial charge in [-0.15, -0.1) is 0 Å². The summed E-state index contributed by atoms with van der Waals surface area (Å²) < 4.78 is 10.1. The van der Waals surface area contributed by atoms with E-state index in [4.69, 9.17) is 9.47 Å². The van der Waals surface area contributed by atoms with Gasteiger partial charge < -0.3 is 20.1 Å². The largest absolute Gasteiger partial charge is 0.495 e. The number of anilines is 2. The van der Waals surface area contributed by atoms with E-state index < -0.39 is 0 Å². The van der Waals surface area contributed by atoms with Crippen molar-refractivity contribution in [1.29, 1.82) is 0 Å². The van der Waals surface area contributed by atoms with Gasteiger partial charge in [0.1, 0.15) is 5.75 Å². The van der Waals surface area contributed by atoms with Gasteiger partial charge in [0.05, 0.1) is 25.8 Å². The number of hydrogen-bond acceptors (Lipinski definition) is 4. The molecule has 0 aliphatic heterocycles. The van der Waals surface area contributed by atoms with Crippen LogP contribution < -0.4 is 15.4 Å². The normalized spacial score (nSPS) is 18.6. The fourth-order valence-electron chi connectivity index (χ4n) is 3.87. The van der Waals surface area contributed by atoms with Gasteiger partial charge in [0, 0.05) is 5.69 Å². The summed E-state index contributed by atoms with van der Waals surface area (Å²) in [4.78, 5) is 24.0. The minimum absolute atomic E-state index is 0.0273. The van der Waals surface area contributed by atoms with E-state index in [0.717, 1.165) is 36.9 Å². The highest BCUT2D eigenvalue weighted by Gasteiger charge is 2.27. The number of ether oxygens (including phenoxy) is 2. The number of aryl methyl sites for hydroxylation is 1. The Labute approximate surface area is 171 Å². The zero-order valence-electron chi connectivity index (χ0n) is 17.2. The van der Waals surface area contributed by atoms with Crippen LogP contribution in [0.1, 0.15) is 42.7 Å². The molecule has 0 spiro atoms.